The molecule has 3 heteroatoms. The maximum Gasteiger partial charge on any atom is 0.242 e. The molecule has 104 valence electrons. The second kappa shape index (κ2) is 6.87. The lowest BCUT2D eigenvalue weighted by atomic mass is 10.1. The van der Waals surface area contributed by atoms with Crippen LogP contribution < -0.4 is 5.32 Å². The molecule has 1 N–H and O–H groups in total. The molecular formula is C17H20N2O. The van der Waals surface area contributed by atoms with Crippen LogP contribution in [0.3, 0.4) is 0 Å². The van der Waals surface area contributed by atoms with Crippen molar-refractivity contribution in [2.75, 3.05) is 14.1 Å². The van der Waals surface area contributed by atoms with Crippen molar-refractivity contribution in [2.24, 2.45) is 0 Å². The predicted molar refractivity (Wildman–Crippen MR) is 81.2 cm³/mol. The van der Waals surface area contributed by atoms with Gasteiger partial charge in [0.05, 0.1) is 0 Å². The van der Waals surface area contributed by atoms with Gasteiger partial charge in [0.2, 0.25) is 5.91 Å². The van der Waals surface area contributed by atoms with Crippen LogP contribution in [0.2, 0.25) is 0 Å². The molecule has 0 saturated carbocycles. The SMILES string of the molecule is CN(C)[C@@H](C(=O)NCc1ccccc1)c1ccccc1. The molecule has 1 amide bonds. The normalized spacial score (nSPS) is 12.2. The second-order valence-corrected chi connectivity index (χ2v) is 4.98. The number of rotatable bonds is 5. The lowest BCUT2D eigenvalue weighted by Gasteiger charge is -2.23. The molecule has 0 bridgehead atoms. The highest BCUT2D eigenvalue weighted by atomic mass is 16.2. The molecule has 0 aliphatic heterocycles. The summed E-state index contributed by atoms with van der Waals surface area (Å²) >= 11 is 0. The summed E-state index contributed by atoms with van der Waals surface area (Å²) in [4.78, 5) is 14.3. The third-order valence-corrected chi connectivity index (χ3v) is 3.19. The van der Waals surface area contributed by atoms with Crippen molar-refractivity contribution in [3.8, 4) is 0 Å². The Labute approximate surface area is 120 Å². The van der Waals surface area contributed by atoms with Crippen LogP contribution in [0.25, 0.3) is 0 Å². The number of hydrogen-bond acceptors (Lipinski definition) is 2. The molecule has 0 radical (unpaired) electrons. The number of nitrogens with zero attached hydrogens (tertiary/aromatic N) is 1. The molecular weight excluding hydrogens is 248 g/mol. The van der Waals surface area contributed by atoms with E-state index < -0.39 is 0 Å². The highest BCUT2D eigenvalue weighted by molar-refractivity contribution is 5.83. The van der Waals surface area contributed by atoms with Gasteiger partial charge in [0.15, 0.2) is 0 Å². The lowest BCUT2D eigenvalue weighted by molar-refractivity contribution is -0.125. The number of carbonyl (C=O) groups excluding carboxylic acids is 1. The zero-order valence-electron chi connectivity index (χ0n) is 11.9. The smallest absolute Gasteiger partial charge is 0.242 e. The average Bonchev–Trinajstić information content (AvgIpc) is 2.47. The fourth-order valence-electron chi connectivity index (χ4n) is 2.20. The summed E-state index contributed by atoms with van der Waals surface area (Å²) in [6, 6.07) is 19.5. The first kappa shape index (κ1) is 14.3. The molecule has 0 aliphatic rings. The molecule has 1 atom stereocenters. The molecule has 0 fully saturated rings. The first-order chi connectivity index (χ1) is 9.68. The molecule has 0 unspecified atom stereocenters. The van der Waals surface area contributed by atoms with Crippen LogP contribution in [-0.2, 0) is 11.3 Å². The summed E-state index contributed by atoms with van der Waals surface area (Å²) in [5, 5.41) is 3.00. The van der Waals surface area contributed by atoms with E-state index in [1.165, 1.54) is 0 Å². The highest BCUT2D eigenvalue weighted by Crippen LogP contribution is 2.18. The molecule has 2 rings (SSSR count). The van der Waals surface area contributed by atoms with Crippen LogP contribution in [0.1, 0.15) is 17.2 Å². The van der Waals surface area contributed by atoms with Crippen molar-refractivity contribution in [3.63, 3.8) is 0 Å². The van der Waals surface area contributed by atoms with E-state index in [4.69, 9.17) is 0 Å². The molecule has 2 aromatic rings. The molecule has 0 aromatic heterocycles. The number of nitrogens with one attached hydrogen (secondary N) is 1. The number of carbonyl (C=O) groups is 1. The fraction of sp³-hybridized carbons (Fsp3) is 0.235. The van der Waals surface area contributed by atoms with Crippen LogP contribution in [0.4, 0.5) is 0 Å². The van der Waals surface area contributed by atoms with E-state index in [1.807, 2.05) is 79.7 Å². The van der Waals surface area contributed by atoms with Gasteiger partial charge in [-0.15, -0.1) is 0 Å². The Hall–Kier alpha value is -2.13. The van der Waals surface area contributed by atoms with Crippen LogP contribution in [0, 0.1) is 0 Å². The van der Waals surface area contributed by atoms with Crippen LogP contribution in [0.5, 0.6) is 0 Å². The van der Waals surface area contributed by atoms with Crippen LogP contribution >= 0.6 is 0 Å². The first-order valence-corrected chi connectivity index (χ1v) is 6.71. The quantitative estimate of drug-likeness (QED) is 0.904. The molecule has 0 spiro atoms. The topological polar surface area (TPSA) is 32.3 Å². The van der Waals surface area contributed by atoms with Gasteiger partial charge in [-0.1, -0.05) is 60.7 Å². The Morgan fingerprint density at radius 2 is 1.55 bits per heavy atom. The van der Waals surface area contributed by atoms with Crippen molar-refractivity contribution in [1.82, 2.24) is 10.2 Å². The minimum Gasteiger partial charge on any atom is -0.350 e. The maximum atomic E-state index is 12.4. The van der Waals surface area contributed by atoms with Gasteiger partial charge in [-0.3, -0.25) is 9.69 Å². The summed E-state index contributed by atoms with van der Waals surface area (Å²) in [5.41, 5.74) is 2.11. The van der Waals surface area contributed by atoms with E-state index in [9.17, 15) is 4.79 Å². The van der Waals surface area contributed by atoms with E-state index in [0.717, 1.165) is 11.1 Å². The van der Waals surface area contributed by atoms with Crippen molar-refractivity contribution in [3.05, 3.63) is 71.8 Å². The Kier molecular flexibility index (Phi) is 4.91. The summed E-state index contributed by atoms with van der Waals surface area (Å²) in [6.45, 7) is 0.552. The zero-order chi connectivity index (χ0) is 14.4. The molecule has 0 aliphatic carbocycles. The van der Waals surface area contributed by atoms with E-state index in [1.54, 1.807) is 0 Å². The third kappa shape index (κ3) is 3.68. The fourth-order valence-corrected chi connectivity index (χ4v) is 2.20. The van der Waals surface area contributed by atoms with E-state index in [2.05, 4.69) is 5.32 Å². The summed E-state index contributed by atoms with van der Waals surface area (Å²) < 4.78 is 0. The second-order valence-electron chi connectivity index (χ2n) is 4.98. The Morgan fingerprint density at radius 3 is 2.10 bits per heavy atom. The van der Waals surface area contributed by atoms with Crippen molar-refractivity contribution in [2.45, 2.75) is 12.6 Å². The van der Waals surface area contributed by atoms with Gasteiger partial charge < -0.3 is 5.32 Å². The monoisotopic (exact) mass is 268 g/mol. The van der Waals surface area contributed by atoms with Crippen molar-refractivity contribution in [1.29, 1.82) is 0 Å². The number of amides is 1. The highest BCUT2D eigenvalue weighted by Gasteiger charge is 2.22. The first-order valence-electron chi connectivity index (χ1n) is 6.71. The van der Waals surface area contributed by atoms with Gasteiger partial charge in [-0.25, -0.2) is 0 Å². The number of likely N-dealkylation sites (N-methyl/N-ethyl adjacent to an activating group) is 1. The summed E-state index contributed by atoms with van der Waals surface area (Å²) in [7, 11) is 3.83. The van der Waals surface area contributed by atoms with Gasteiger partial charge in [-0.05, 0) is 25.2 Å². The Bertz CT molecular complexity index is 537. The van der Waals surface area contributed by atoms with Gasteiger partial charge >= 0.3 is 0 Å². The zero-order valence-corrected chi connectivity index (χ0v) is 11.9. The molecule has 0 saturated heterocycles. The molecule has 20 heavy (non-hydrogen) atoms. The lowest BCUT2D eigenvalue weighted by Crippen LogP contribution is -2.36. The number of hydrogen-bond donors (Lipinski definition) is 1. The minimum absolute atomic E-state index is 0.0186. The maximum absolute atomic E-state index is 12.4. The largest absolute Gasteiger partial charge is 0.350 e. The van der Waals surface area contributed by atoms with E-state index >= 15 is 0 Å². The van der Waals surface area contributed by atoms with Crippen molar-refractivity contribution >= 4 is 5.91 Å². The Balaban J connectivity index is 2.05. The van der Waals surface area contributed by atoms with E-state index in [0.29, 0.717) is 6.54 Å². The van der Waals surface area contributed by atoms with Gasteiger partial charge in [0.25, 0.3) is 0 Å². The summed E-state index contributed by atoms with van der Waals surface area (Å²) in [6.07, 6.45) is 0. The molecule has 0 heterocycles. The molecule has 2 aromatic carbocycles. The molecule has 3 nitrogen and oxygen atoms in total. The number of benzene rings is 2. The third-order valence-electron chi connectivity index (χ3n) is 3.19. The summed E-state index contributed by atoms with van der Waals surface area (Å²) in [5.74, 6) is 0.0186. The van der Waals surface area contributed by atoms with Gasteiger partial charge in [0.1, 0.15) is 6.04 Å². The van der Waals surface area contributed by atoms with Crippen LogP contribution in [0.15, 0.2) is 60.7 Å². The standard InChI is InChI=1S/C17H20N2O/c1-19(2)16(15-11-7-4-8-12-15)17(20)18-13-14-9-5-3-6-10-14/h3-12,16H,13H2,1-2H3,(H,18,20)/t16-/m1/s1. The van der Waals surface area contributed by atoms with Crippen LogP contribution in [-0.4, -0.2) is 24.9 Å². The predicted octanol–water partition coefficient (Wildman–Crippen LogP) is 2.61. The van der Waals surface area contributed by atoms with Gasteiger partial charge in [-0.2, -0.15) is 0 Å². The minimum atomic E-state index is -0.264. The van der Waals surface area contributed by atoms with Gasteiger partial charge in [0, 0.05) is 6.54 Å². The Morgan fingerprint density at radius 1 is 1.00 bits per heavy atom. The average molecular weight is 268 g/mol. The van der Waals surface area contributed by atoms with Crippen molar-refractivity contribution < 1.29 is 4.79 Å². The van der Waals surface area contributed by atoms with E-state index in [-0.39, 0.29) is 11.9 Å².